The molecule has 0 aromatic heterocycles. The Morgan fingerprint density at radius 2 is 1.77 bits per heavy atom. The summed E-state index contributed by atoms with van der Waals surface area (Å²) in [6, 6.07) is 11.5. The van der Waals surface area contributed by atoms with Gasteiger partial charge in [-0.1, -0.05) is 29.8 Å². The Kier molecular flexibility index (Phi) is 4.17. The number of aryl methyl sites for hydroxylation is 1. The van der Waals surface area contributed by atoms with Gasteiger partial charge in [-0.2, -0.15) is 0 Å². The van der Waals surface area contributed by atoms with Gasteiger partial charge in [0, 0.05) is 23.0 Å². The second-order valence-electron chi connectivity index (χ2n) is 6.07. The monoisotopic (exact) mass is 369 g/mol. The van der Waals surface area contributed by atoms with Gasteiger partial charge in [0.2, 0.25) is 0 Å². The molecule has 0 N–H and O–H groups in total. The largest absolute Gasteiger partial charge is 0.347 e. The smallest absolute Gasteiger partial charge is 0.163 e. The number of benzene rings is 2. The minimum Gasteiger partial charge on any atom is -0.347 e. The first-order valence-electron chi connectivity index (χ1n) is 8.05. The fraction of sp³-hybridized carbons (Fsp3) is 0.100. The maximum atomic E-state index is 14.4. The summed E-state index contributed by atoms with van der Waals surface area (Å²) >= 11 is 6.15. The van der Waals surface area contributed by atoms with Gasteiger partial charge >= 0.3 is 0 Å². The van der Waals surface area contributed by atoms with Crippen LogP contribution in [0.2, 0.25) is 5.02 Å². The van der Waals surface area contributed by atoms with Gasteiger partial charge in [-0.3, -0.25) is 0 Å². The number of fused-ring (bicyclic) bond motifs is 1. The quantitative estimate of drug-likeness (QED) is 0.488. The Hall–Kier alpha value is -2.79. The maximum absolute atomic E-state index is 14.4. The fourth-order valence-electron chi connectivity index (χ4n) is 2.86. The molecule has 26 heavy (non-hydrogen) atoms. The van der Waals surface area contributed by atoms with Crippen LogP contribution in [0, 0.1) is 18.6 Å². The van der Waals surface area contributed by atoms with E-state index < -0.39 is 0 Å². The second kappa shape index (κ2) is 6.50. The number of hydrogen-bond acceptors (Lipinski definition) is 2. The highest BCUT2D eigenvalue weighted by molar-refractivity contribution is 6.31. The number of nitrogens with zero attached hydrogens (tertiary/aromatic N) is 3. The molecule has 0 saturated heterocycles. The predicted molar refractivity (Wildman–Crippen MR) is 97.3 cm³/mol. The van der Waals surface area contributed by atoms with Crippen molar-refractivity contribution in [3.05, 3.63) is 82.6 Å². The van der Waals surface area contributed by atoms with E-state index in [1.807, 2.05) is 0 Å². The molecule has 0 radical (unpaired) electrons. The summed E-state index contributed by atoms with van der Waals surface area (Å²) in [5, 5.41) is 0.376. The van der Waals surface area contributed by atoms with Crippen molar-refractivity contribution in [3.8, 4) is 22.8 Å². The van der Waals surface area contributed by atoms with Crippen LogP contribution in [0.15, 0.2) is 54.9 Å². The molecule has 2 aliphatic heterocycles. The van der Waals surface area contributed by atoms with Crippen LogP contribution in [0.5, 0.6) is 0 Å². The van der Waals surface area contributed by atoms with E-state index in [2.05, 4.69) is 9.97 Å². The zero-order valence-corrected chi connectivity index (χ0v) is 14.6. The highest BCUT2D eigenvalue weighted by Gasteiger charge is 2.16. The van der Waals surface area contributed by atoms with Crippen LogP contribution < -0.4 is 0 Å². The van der Waals surface area contributed by atoms with Crippen molar-refractivity contribution in [1.82, 2.24) is 14.5 Å². The summed E-state index contributed by atoms with van der Waals surface area (Å²) in [7, 11) is 0. The zero-order valence-electron chi connectivity index (χ0n) is 13.9. The van der Waals surface area contributed by atoms with Gasteiger partial charge in [0.1, 0.15) is 17.3 Å². The summed E-state index contributed by atoms with van der Waals surface area (Å²) in [4.78, 5) is 8.79. The maximum Gasteiger partial charge on any atom is 0.163 e. The molecule has 2 aromatic carbocycles. The van der Waals surface area contributed by atoms with Crippen molar-refractivity contribution in [2.24, 2.45) is 0 Å². The van der Waals surface area contributed by atoms with E-state index in [1.54, 1.807) is 60.3 Å². The molecule has 4 rings (SSSR count). The highest BCUT2D eigenvalue weighted by atomic mass is 35.5. The first-order chi connectivity index (χ1) is 12.5. The zero-order chi connectivity index (χ0) is 18.3. The Balaban J connectivity index is 1.73. The molecule has 0 saturated carbocycles. The first kappa shape index (κ1) is 16.7. The van der Waals surface area contributed by atoms with Gasteiger partial charge in [0.05, 0.1) is 17.8 Å². The molecule has 0 spiro atoms. The minimum atomic E-state index is -0.371. The molecule has 0 aliphatic carbocycles. The van der Waals surface area contributed by atoms with Crippen molar-refractivity contribution in [2.75, 3.05) is 0 Å². The normalized spacial score (nSPS) is 11.2. The van der Waals surface area contributed by atoms with E-state index in [9.17, 15) is 8.78 Å². The molecule has 0 fully saturated rings. The van der Waals surface area contributed by atoms with Gasteiger partial charge in [-0.05, 0) is 36.8 Å². The average molecular weight is 370 g/mol. The lowest BCUT2D eigenvalue weighted by molar-refractivity contribution is 0.590. The van der Waals surface area contributed by atoms with E-state index >= 15 is 0 Å². The van der Waals surface area contributed by atoms with Crippen molar-refractivity contribution < 1.29 is 8.78 Å². The molecule has 0 bridgehead atoms. The third-order valence-electron chi connectivity index (χ3n) is 4.26. The van der Waals surface area contributed by atoms with Gasteiger partial charge in [0.25, 0.3) is 0 Å². The van der Waals surface area contributed by atoms with Crippen molar-refractivity contribution >= 4 is 11.6 Å². The standard InChI is InChI=1S/C20H14ClF2N3/c1-12-6-7-15(21)14(19(12)23)10-26-9-8-17-18(11-26)25-20(24-17)13-4-2-3-5-16(13)22/h2-9,11H,10H2,1H3. The van der Waals surface area contributed by atoms with Crippen LogP contribution in [-0.2, 0) is 6.54 Å². The van der Waals surface area contributed by atoms with Crippen molar-refractivity contribution in [3.63, 3.8) is 0 Å². The average Bonchev–Trinajstić information content (AvgIpc) is 3.05. The number of halogens is 3. The molecule has 3 nitrogen and oxygen atoms in total. The Labute approximate surface area is 154 Å². The highest BCUT2D eigenvalue weighted by Crippen LogP contribution is 2.27. The molecule has 2 heterocycles. The number of rotatable bonds is 3. The number of aromatic nitrogens is 3. The van der Waals surface area contributed by atoms with E-state index in [0.29, 0.717) is 38.9 Å². The van der Waals surface area contributed by atoms with E-state index in [-0.39, 0.29) is 18.2 Å². The summed E-state index contributed by atoms with van der Waals surface area (Å²) in [6.07, 6.45) is 3.53. The van der Waals surface area contributed by atoms with Crippen LogP contribution >= 0.6 is 11.6 Å². The lowest BCUT2D eigenvalue weighted by Crippen LogP contribution is -2.05. The predicted octanol–water partition coefficient (Wildman–Crippen LogP) is 5.34. The van der Waals surface area contributed by atoms with E-state index in [0.717, 1.165) is 0 Å². The summed E-state index contributed by atoms with van der Waals surface area (Å²) in [5.74, 6) is -0.356. The Bertz CT molecular complexity index is 1070. The molecular weight excluding hydrogens is 356 g/mol. The van der Waals surface area contributed by atoms with Gasteiger partial charge < -0.3 is 4.57 Å². The minimum absolute atomic E-state index is 0.268. The molecule has 6 heteroatoms. The number of hydrogen-bond donors (Lipinski definition) is 0. The fourth-order valence-corrected chi connectivity index (χ4v) is 3.06. The van der Waals surface area contributed by atoms with Crippen LogP contribution in [0.25, 0.3) is 22.8 Å². The van der Waals surface area contributed by atoms with Gasteiger partial charge in [-0.15, -0.1) is 0 Å². The number of imidazole rings is 1. The van der Waals surface area contributed by atoms with Crippen LogP contribution in [0.1, 0.15) is 11.1 Å². The second-order valence-corrected chi connectivity index (χ2v) is 6.48. The van der Waals surface area contributed by atoms with E-state index in [4.69, 9.17) is 11.6 Å². The molecule has 130 valence electrons. The third kappa shape index (κ3) is 2.95. The van der Waals surface area contributed by atoms with Gasteiger partial charge in [0.15, 0.2) is 5.82 Å². The first-order valence-corrected chi connectivity index (χ1v) is 8.42. The summed E-state index contributed by atoms with van der Waals surface area (Å²) < 4.78 is 30.1. The van der Waals surface area contributed by atoms with E-state index in [1.165, 1.54) is 6.07 Å². The lowest BCUT2D eigenvalue weighted by atomic mass is 10.1. The molecule has 0 atom stereocenters. The Morgan fingerprint density at radius 3 is 2.58 bits per heavy atom. The summed E-state index contributed by atoms with van der Waals surface area (Å²) in [5.41, 5.74) is 2.57. The van der Waals surface area contributed by atoms with Crippen molar-refractivity contribution in [1.29, 1.82) is 0 Å². The Morgan fingerprint density at radius 1 is 1.00 bits per heavy atom. The number of pyridine rings is 1. The molecule has 0 amide bonds. The van der Waals surface area contributed by atoms with Crippen LogP contribution in [0.4, 0.5) is 8.78 Å². The topological polar surface area (TPSA) is 30.7 Å². The molecule has 2 aromatic rings. The van der Waals surface area contributed by atoms with Crippen LogP contribution in [-0.4, -0.2) is 14.5 Å². The third-order valence-corrected chi connectivity index (χ3v) is 4.62. The lowest BCUT2D eigenvalue weighted by Gasteiger charge is -2.11. The molecule has 2 aliphatic rings. The molecular formula is C20H14ClF2N3. The molecule has 0 unspecified atom stereocenters. The van der Waals surface area contributed by atoms with Crippen molar-refractivity contribution in [2.45, 2.75) is 13.5 Å². The van der Waals surface area contributed by atoms with Gasteiger partial charge in [-0.25, -0.2) is 18.7 Å². The SMILES string of the molecule is Cc1ccc(Cl)c(Cn2ccc3nc(-c4ccccc4F)nc-3c2)c1F. The van der Waals surface area contributed by atoms with Crippen LogP contribution in [0.3, 0.4) is 0 Å². The summed E-state index contributed by atoms with van der Waals surface area (Å²) in [6.45, 7) is 1.97.